The maximum atomic E-state index is 11.9. The fourth-order valence-corrected chi connectivity index (χ4v) is 2.62. The maximum absolute atomic E-state index is 11.9. The van der Waals surface area contributed by atoms with Crippen LogP contribution >= 0.6 is 0 Å². The summed E-state index contributed by atoms with van der Waals surface area (Å²) in [5, 5.41) is 3.84. The quantitative estimate of drug-likeness (QED) is 0.677. The number of ether oxygens (including phenoxy) is 2. The van der Waals surface area contributed by atoms with Crippen LogP contribution in [0.2, 0.25) is 0 Å². The first-order valence-corrected chi connectivity index (χ1v) is 8.20. The Morgan fingerprint density at radius 3 is 2.92 bits per heavy atom. The summed E-state index contributed by atoms with van der Waals surface area (Å²) in [4.78, 5) is 26.8. The lowest BCUT2D eigenvalue weighted by Crippen LogP contribution is -2.31. The van der Waals surface area contributed by atoms with E-state index in [1.54, 1.807) is 14.0 Å². The van der Waals surface area contributed by atoms with Crippen LogP contribution in [0.25, 0.3) is 10.9 Å². The van der Waals surface area contributed by atoms with Gasteiger partial charge in [-0.1, -0.05) is 0 Å². The molecule has 0 spiro atoms. The first-order valence-electron chi connectivity index (χ1n) is 8.20. The summed E-state index contributed by atoms with van der Waals surface area (Å²) < 4.78 is 15.5. The molecule has 0 aliphatic rings. The van der Waals surface area contributed by atoms with E-state index in [4.69, 9.17) is 13.9 Å². The highest BCUT2D eigenvalue weighted by Crippen LogP contribution is 2.23. The molecule has 0 unspecified atom stereocenters. The van der Waals surface area contributed by atoms with Gasteiger partial charge in [0, 0.05) is 29.7 Å². The van der Waals surface area contributed by atoms with Gasteiger partial charge in [0.25, 0.3) is 5.91 Å². The maximum Gasteiger partial charge on any atom is 0.257 e. The average Bonchev–Trinajstić information content (AvgIpc) is 3.03. The Morgan fingerprint density at radius 2 is 2.15 bits per heavy atom. The van der Waals surface area contributed by atoms with Crippen LogP contribution < -0.4 is 20.2 Å². The van der Waals surface area contributed by atoms with Crippen LogP contribution in [0.5, 0.6) is 11.5 Å². The Kier molecular flexibility index (Phi) is 5.26. The highest BCUT2D eigenvalue weighted by molar-refractivity contribution is 5.84. The molecule has 136 valence electrons. The third-order valence-electron chi connectivity index (χ3n) is 3.98. The number of carbonyl (C=O) groups is 1. The summed E-state index contributed by atoms with van der Waals surface area (Å²) >= 11 is 0. The summed E-state index contributed by atoms with van der Waals surface area (Å²) in [7, 11) is 1.63. The van der Waals surface area contributed by atoms with Gasteiger partial charge in [-0.25, -0.2) is 0 Å². The Hall–Kier alpha value is -3.22. The van der Waals surface area contributed by atoms with Crippen LogP contribution in [0.3, 0.4) is 0 Å². The van der Waals surface area contributed by atoms with Crippen LogP contribution in [0, 0.1) is 6.92 Å². The van der Waals surface area contributed by atoms with Gasteiger partial charge < -0.3 is 24.2 Å². The largest absolute Gasteiger partial charge is 0.497 e. The molecule has 1 amide bonds. The number of nitrogens with one attached hydrogen (secondary N) is 2. The number of benzene rings is 1. The molecule has 0 radical (unpaired) electrons. The highest BCUT2D eigenvalue weighted by atomic mass is 16.5. The van der Waals surface area contributed by atoms with Crippen molar-refractivity contribution in [1.82, 2.24) is 10.3 Å². The first kappa shape index (κ1) is 17.6. The Morgan fingerprint density at radius 1 is 1.31 bits per heavy atom. The van der Waals surface area contributed by atoms with Crippen molar-refractivity contribution < 1.29 is 18.7 Å². The van der Waals surface area contributed by atoms with Crippen molar-refractivity contribution in [1.29, 1.82) is 0 Å². The van der Waals surface area contributed by atoms with Gasteiger partial charge in [-0.2, -0.15) is 0 Å². The predicted molar refractivity (Wildman–Crippen MR) is 96.8 cm³/mol. The molecule has 2 heterocycles. The van der Waals surface area contributed by atoms with Gasteiger partial charge in [0.15, 0.2) is 6.61 Å². The van der Waals surface area contributed by atoms with Crippen LogP contribution in [-0.4, -0.2) is 31.2 Å². The van der Waals surface area contributed by atoms with Gasteiger partial charge in [-0.3, -0.25) is 9.59 Å². The van der Waals surface area contributed by atoms with Crippen molar-refractivity contribution in [3.63, 3.8) is 0 Å². The van der Waals surface area contributed by atoms with E-state index in [0.717, 1.165) is 22.2 Å². The van der Waals surface area contributed by atoms with Gasteiger partial charge >= 0.3 is 0 Å². The number of aromatic nitrogens is 1. The molecule has 2 N–H and O–H groups in total. The number of aromatic amines is 1. The second kappa shape index (κ2) is 7.77. The second-order valence-electron chi connectivity index (χ2n) is 5.83. The van der Waals surface area contributed by atoms with Crippen LogP contribution in [0.15, 0.2) is 45.9 Å². The summed E-state index contributed by atoms with van der Waals surface area (Å²) in [5.74, 6) is 0.992. The fraction of sp³-hybridized carbons (Fsp3) is 0.263. The molecule has 0 fully saturated rings. The molecule has 0 aliphatic heterocycles. The highest BCUT2D eigenvalue weighted by Gasteiger charge is 2.08. The number of hydrogen-bond acceptors (Lipinski definition) is 5. The van der Waals surface area contributed by atoms with Gasteiger partial charge in [0.1, 0.15) is 17.8 Å². The second-order valence-corrected chi connectivity index (χ2v) is 5.83. The Bertz CT molecular complexity index is 973. The molecular weight excluding hydrogens is 336 g/mol. The lowest BCUT2D eigenvalue weighted by atomic mass is 10.1. The van der Waals surface area contributed by atoms with Crippen LogP contribution in [0.4, 0.5) is 0 Å². The predicted octanol–water partition coefficient (Wildman–Crippen LogP) is 2.18. The number of fused-ring (bicyclic) bond motifs is 1. The van der Waals surface area contributed by atoms with E-state index in [2.05, 4.69) is 10.3 Å². The molecule has 0 saturated carbocycles. The summed E-state index contributed by atoms with van der Waals surface area (Å²) in [6, 6.07) is 7.13. The minimum atomic E-state index is -0.311. The third-order valence-corrected chi connectivity index (χ3v) is 3.98. The molecule has 0 saturated heterocycles. The van der Waals surface area contributed by atoms with E-state index in [1.807, 2.05) is 24.4 Å². The van der Waals surface area contributed by atoms with E-state index in [0.29, 0.717) is 18.7 Å². The van der Waals surface area contributed by atoms with Crippen molar-refractivity contribution in [2.24, 2.45) is 0 Å². The lowest BCUT2D eigenvalue weighted by Gasteiger charge is -2.07. The van der Waals surface area contributed by atoms with Crippen LogP contribution in [-0.2, 0) is 11.2 Å². The Balaban J connectivity index is 1.51. The molecule has 2 aromatic heterocycles. The van der Waals surface area contributed by atoms with Gasteiger partial charge in [0.2, 0.25) is 11.2 Å². The normalized spacial score (nSPS) is 10.7. The molecule has 0 atom stereocenters. The van der Waals surface area contributed by atoms with Crippen molar-refractivity contribution >= 4 is 16.8 Å². The lowest BCUT2D eigenvalue weighted by molar-refractivity contribution is -0.123. The summed E-state index contributed by atoms with van der Waals surface area (Å²) in [6.45, 7) is 1.88. The van der Waals surface area contributed by atoms with E-state index < -0.39 is 0 Å². The topological polar surface area (TPSA) is 93.6 Å². The molecule has 7 nitrogen and oxygen atoms in total. The molecule has 3 aromatic rings. The van der Waals surface area contributed by atoms with E-state index in [1.165, 1.54) is 12.3 Å². The molecule has 0 aliphatic carbocycles. The number of H-pyrrole nitrogens is 1. The minimum Gasteiger partial charge on any atom is -0.497 e. The van der Waals surface area contributed by atoms with Gasteiger partial charge in [0.05, 0.1) is 7.11 Å². The SMILES string of the molecule is COc1ccc2[nH]cc(CCNC(=O)COc3coc(C)cc3=O)c2c1. The minimum absolute atomic E-state index is 0.0227. The molecular formula is C19H20N2O5. The van der Waals surface area contributed by atoms with Crippen molar-refractivity contribution in [3.05, 3.63) is 58.3 Å². The fourth-order valence-electron chi connectivity index (χ4n) is 2.62. The summed E-state index contributed by atoms with van der Waals surface area (Å²) in [6.07, 6.45) is 3.79. The van der Waals surface area contributed by atoms with Gasteiger partial charge in [-0.05, 0) is 37.1 Å². The smallest absolute Gasteiger partial charge is 0.257 e. The summed E-state index contributed by atoms with van der Waals surface area (Å²) in [5.41, 5.74) is 1.79. The average molecular weight is 356 g/mol. The van der Waals surface area contributed by atoms with Crippen molar-refractivity contribution in [3.8, 4) is 11.5 Å². The number of methoxy groups -OCH3 is 1. The number of hydrogen-bond donors (Lipinski definition) is 2. The van der Waals surface area contributed by atoms with E-state index in [9.17, 15) is 9.59 Å². The number of aryl methyl sites for hydroxylation is 1. The number of rotatable bonds is 7. The zero-order valence-corrected chi connectivity index (χ0v) is 14.6. The molecule has 7 heteroatoms. The molecule has 3 rings (SSSR count). The van der Waals surface area contributed by atoms with Crippen LogP contribution in [0.1, 0.15) is 11.3 Å². The van der Waals surface area contributed by atoms with E-state index >= 15 is 0 Å². The number of carbonyl (C=O) groups excluding carboxylic acids is 1. The zero-order chi connectivity index (χ0) is 18.5. The Labute approximate surface area is 149 Å². The number of amides is 1. The standard InChI is InChI=1S/C19H20N2O5/c1-12-7-17(22)18(10-25-12)26-11-19(23)20-6-5-13-9-21-16-4-3-14(24-2)8-15(13)16/h3-4,7-10,21H,5-6,11H2,1-2H3,(H,20,23). The zero-order valence-electron chi connectivity index (χ0n) is 14.6. The monoisotopic (exact) mass is 356 g/mol. The first-order chi connectivity index (χ1) is 12.6. The van der Waals surface area contributed by atoms with Gasteiger partial charge in [-0.15, -0.1) is 0 Å². The molecule has 1 aromatic carbocycles. The molecule has 0 bridgehead atoms. The van der Waals surface area contributed by atoms with Crippen molar-refractivity contribution in [2.45, 2.75) is 13.3 Å². The van der Waals surface area contributed by atoms with Crippen molar-refractivity contribution in [2.75, 3.05) is 20.3 Å². The molecule has 26 heavy (non-hydrogen) atoms. The van der Waals surface area contributed by atoms with E-state index in [-0.39, 0.29) is 23.7 Å². The third kappa shape index (κ3) is 4.05.